The summed E-state index contributed by atoms with van der Waals surface area (Å²) in [4.78, 5) is 35.5. The number of carbonyl (C=O) groups excluding carboxylic acids is 2. The van der Waals surface area contributed by atoms with E-state index in [4.69, 9.17) is 4.74 Å². The Hall–Kier alpha value is -4.21. The van der Waals surface area contributed by atoms with Crippen molar-refractivity contribution in [1.82, 2.24) is 9.78 Å². The van der Waals surface area contributed by atoms with Crippen molar-refractivity contribution >= 4 is 29.0 Å². The molecule has 2 N–H and O–H groups in total. The number of rotatable bonds is 6. The summed E-state index contributed by atoms with van der Waals surface area (Å²) in [6, 6.07) is 12.3. The number of benzene rings is 2. The van der Waals surface area contributed by atoms with Gasteiger partial charge in [0.05, 0.1) is 24.7 Å². The molecule has 0 saturated carbocycles. The summed E-state index contributed by atoms with van der Waals surface area (Å²) >= 11 is 0. The molecule has 1 aliphatic rings. The fourth-order valence-electron chi connectivity index (χ4n) is 3.31. The lowest BCUT2D eigenvalue weighted by Gasteiger charge is -2.10. The molecule has 2 heterocycles. The third-order valence-electron chi connectivity index (χ3n) is 4.79. The van der Waals surface area contributed by atoms with Crippen molar-refractivity contribution in [3.8, 4) is 16.9 Å². The third-order valence-corrected chi connectivity index (χ3v) is 4.79. The molecule has 0 fully saturated rings. The first kappa shape index (κ1) is 19.1. The average Bonchev–Trinajstić information content (AvgIpc) is 3.27. The number of carbonyl (C=O) groups is 2. The van der Waals surface area contributed by atoms with Gasteiger partial charge in [-0.25, -0.2) is 4.68 Å². The third kappa shape index (κ3) is 3.46. The van der Waals surface area contributed by atoms with Gasteiger partial charge in [-0.3, -0.25) is 19.7 Å². The maximum absolute atomic E-state index is 12.5. The van der Waals surface area contributed by atoms with Gasteiger partial charge in [0.1, 0.15) is 23.3 Å². The van der Waals surface area contributed by atoms with Crippen LogP contribution >= 0.6 is 0 Å². The Labute approximate surface area is 170 Å². The highest BCUT2D eigenvalue weighted by molar-refractivity contribution is 6.04. The second kappa shape index (κ2) is 7.66. The normalized spacial score (nSPS) is 14.7. The zero-order valence-corrected chi connectivity index (χ0v) is 15.9. The maximum atomic E-state index is 12.5. The molecule has 10 heteroatoms. The highest BCUT2D eigenvalue weighted by atomic mass is 16.6. The highest BCUT2D eigenvalue weighted by Gasteiger charge is 2.35. The monoisotopic (exact) mass is 407 g/mol. The molecule has 30 heavy (non-hydrogen) atoms. The molecule has 4 rings (SSSR count). The predicted molar refractivity (Wildman–Crippen MR) is 108 cm³/mol. The number of amides is 2. The smallest absolute Gasteiger partial charge is 0.292 e. The number of ether oxygens (including phenoxy) is 1. The van der Waals surface area contributed by atoms with Crippen LogP contribution in [0.4, 0.5) is 17.2 Å². The summed E-state index contributed by atoms with van der Waals surface area (Å²) in [7, 11) is 1.58. The van der Waals surface area contributed by atoms with Gasteiger partial charge in [-0.05, 0) is 23.8 Å². The van der Waals surface area contributed by atoms with Crippen LogP contribution in [0.25, 0.3) is 11.1 Å². The lowest BCUT2D eigenvalue weighted by atomic mass is 10.1. The number of nitro benzene ring substituents is 1. The van der Waals surface area contributed by atoms with E-state index in [0.717, 1.165) is 5.56 Å². The molecule has 0 aliphatic carbocycles. The quantitative estimate of drug-likeness (QED) is 0.477. The van der Waals surface area contributed by atoms with Crippen molar-refractivity contribution in [3.63, 3.8) is 0 Å². The number of anilines is 2. The molecule has 1 aromatic heterocycles. The predicted octanol–water partition coefficient (Wildman–Crippen LogP) is 2.99. The van der Waals surface area contributed by atoms with Crippen LogP contribution in [0.5, 0.6) is 5.75 Å². The standard InChI is InChI=1S/C20H17N5O5/c1-30-13-8-6-12(7-9-13)14-11-21-24-17(20(27)23-19(14)24)10-18(26)22-15-4-2-3-5-16(15)25(28)29/h2-9,11,17H,10H2,1H3,(H,22,26)(H,23,27). The van der Waals surface area contributed by atoms with Gasteiger partial charge in [0.25, 0.3) is 11.6 Å². The van der Waals surface area contributed by atoms with Crippen molar-refractivity contribution < 1.29 is 19.2 Å². The lowest BCUT2D eigenvalue weighted by Crippen LogP contribution is -2.23. The number of para-hydroxylation sites is 2. The van der Waals surface area contributed by atoms with E-state index in [9.17, 15) is 19.7 Å². The number of hydrogen-bond donors (Lipinski definition) is 2. The van der Waals surface area contributed by atoms with Gasteiger partial charge in [-0.15, -0.1) is 0 Å². The van der Waals surface area contributed by atoms with E-state index in [-0.39, 0.29) is 23.7 Å². The number of nitrogens with zero attached hydrogens (tertiary/aromatic N) is 3. The minimum atomic E-state index is -0.852. The van der Waals surface area contributed by atoms with E-state index >= 15 is 0 Å². The van der Waals surface area contributed by atoms with E-state index < -0.39 is 16.9 Å². The molecule has 3 aromatic rings. The van der Waals surface area contributed by atoms with Crippen LogP contribution in [0, 0.1) is 10.1 Å². The van der Waals surface area contributed by atoms with Crippen LogP contribution in [0.15, 0.2) is 54.7 Å². The fraction of sp³-hybridized carbons (Fsp3) is 0.150. The molecule has 1 atom stereocenters. The summed E-state index contributed by atoms with van der Waals surface area (Å²) in [5.74, 6) is 0.300. The van der Waals surface area contributed by atoms with Crippen molar-refractivity contribution in [2.24, 2.45) is 0 Å². The average molecular weight is 407 g/mol. The molecule has 0 radical (unpaired) electrons. The van der Waals surface area contributed by atoms with E-state index in [1.54, 1.807) is 31.5 Å². The zero-order valence-electron chi connectivity index (χ0n) is 15.9. The Morgan fingerprint density at radius 2 is 2.00 bits per heavy atom. The first-order chi connectivity index (χ1) is 14.5. The molecule has 152 valence electrons. The number of methoxy groups -OCH3 is 1. The summed E-state index contributed by atoms with van der Waals surface area (Å²) in [6.07, 6.45) is 1.40. The maximum Gasteiger partial charge on any atom is 0.292 e. The number of nitro groups is 1. The van der Waals surface area contributed by atoms with E-state index in [1.807, 2.05) is 12.1 Å². The largest absolute Gasteiger partial charge is 0.497 e. The summed E-state index contributed by atoms with van der Waals surface area (Å²) < 4.78 is 6.61. The summed E-state index contributed by atoms with van der Waals surface area (Å²) in [6.45, 7) is 0. The summed E-state index contributed by atoms with van der Waals surface area (Å²) in [5, 5.41) is 20.6. The Kier molecular flexibility index (Phi) is 4.88. The first-order valence-corrected chi connectivity index (χ1v) is 9.04. The first-order valence-electron chi connectivity index (χ1n) is 9.04. The van der Waals surface area contributed by atoms with E-state index in [1.165, 1.54) is 22.9 Å². The van der Waals surface area contributed by atoms with Gasteiger partial charge < -0.3 is 15.4 Å². The number of hydrogen-bond acceptors (Lipinski definition) is 6. The molecule has 0 saturated heterocycles. The number of nitrogens with one attached hydrogen (secondary N) is 2. The van der Waals surface area contributed by atoms with Crippen LogP contribution in [-0.2, 0) is 9.59 Å². The number of fused-ring (bicyclic) bond motifs is 1. The Morgan fingerprint density at radius 1 is 1.27 bits per heavy atom. The molecule has 1 unspecified atom stereocenters. The molecule has 2 aromatic carbocycles. The van der Waals surface area contributed by atoms with E-state index in [2.05, 4.69) is 15.7 Å². The summed E-state index contributed by atoms with van der Waals surface area (Å²) in [5.41, 5.74) is 1.41. The SMILES string of the molecule is COc1ccc(-c2cnn3c2NC(=O)C3CC(=O)Nc2ccccc2[N+](=O)[O-])cc1. The molecule has 10 nitrogen and oxygen atoms in total. The van der Waals surface area contributed by atoms with Gasteiger partial charge in [-0.2, -0.15) is 5.10 Å². The van der Waals surface area contributed by atoms with Crippen LogP contribution in [0.3, 0.4) is 0 Å². The Balaban J connectivity index is 1.54. The Morgan fingerprint density at radius 3 is 2.70 bits per heavy atom. The molecule has 2 amide bonds. The van der Waals surface area contributed by atoms with Crippen LogP contribution in [0.1, 0.15) is 12.5 Å². The van der Waals surface area contributed by atoms with Crippen molar-refractivity contribution in [2.75, 3.05) is 17.7 Å². The van der Waals surface area contributed by atoms with Crippen molar-refractivity contribution in [2.45, 2.75) is 12.5 Å². The van der Waals surface area contributed by atoms with Gasteiger partial charge in [0.2, 0.25) is 5.91 Å². The van der Waals surface area contributed by atoms with Crippen LogP contribution in [-0.4, -0.2) is 33.6 Å². The van der Waals surface area contributed by atoms with Gasteiger partial charge in [0.15, 0.2) is 0 Å². The molecule has 0 bridgehead atoms. The lowest BCUT2D eigenvalue weighted by molar-refractivity contribution is -0.383. The fourth-order valence-corrected chi connectivity index (χ4v) is 3.31. The van der Waals surface area contributed by atoms with Crippen molar-refractivity contribution in [3.05, 3.63) is 64.8 Å². The Bertz CT molecular complexity index is 1140. The van der Waals surface area contributed by atoms with Gasteiger partial charge in [-0.1, -0.05) is 24.3 Å². The van der Waals surface area contributed by atoms with Gasteiger partial charge >= 0.3 is 0 Å². The molecule has 1 aliphatic heterocycles. The molecule has 0 spiro atoms. The van der Waals surface area contributed by atoms with Crippen LogP contribution < -0.4 is 15.4 Å². The topological polar surface area (TPSA) is 128 Å². The molecular weight excluding hydrogens is 390 g/mol. The second-order valence-corrected chi connectivity index (χ2v) is 6.61. The number of aromatic nitrogens is 2. The second-order valence-electron chi connectivity index (χ2n) is 6.61. The van der Waals surface area contributed by atoms with Crippen LogP contribution in [0.2, 0.25) is 0 Å². The van der Waals surface area contributed by atoms with Gasteiger partial charge in [0, 0.05) is 11.6 Å². The minimum absolute atomic E-state index is 0.0746. The van der Waals surface area contributed by atoms with E-state index in [0.29, 0.717) is 17.1 Å². The highest BCUT2D eigenvalue weighted by Crippen LogP contribution is 2.36. The zero-order chi connectivity index (χ0) is 21.3. The molecular formula is C20H17N5O5. The van der Waals surface area contributed by atoms with Crippen molar-refractivity contribution in [1.29, 1.82) is 0 Å². The minimum Gasteiger partial charge on any atom is -0.497 e.